The first-order valence-electron chi connectivity index (χ1n) is 4.84. The summed E-state index contributed by atoms with van der Waals surface area (Å²) in [6.45, 7) is 1.58. The van der Waals surface area contributed by atoms with Crippen LogP contribution in [0.5, 0.6) is 0 Å². The molecule has 1 heterocycles. The Balaban J connectivity index is 2.47. The summed E-state index contributed by atoms with van der Waals surface area (Å²) >= 11 is 0. The Kier molecular flexibility index (Phi) is 2.66. The van der Waals surface area contributed by atoms with Crippen molar-refractivity contribution < 1.29 is 9.50 Å². The predicted octanol–water partition coefficient (Wildman–Crippen LogP) is 1.87. The molecule has 1 aromatic heterocycles. The highest BCUT2D eigenvalue weighted by molar-refractivity contribution is 5.32. The van der Waals surface area contributed by atoms with Crippen molar-refractivity contribution in [2.75, 3.05) is 0 Å². The molecule has 0 bridgehead atoms. The van der Waals surface area contributed by atoms with Gasteiger partial charge in [-0.15, -0.1) is 0 Å². The lowest BCUT2D eigenvalue weighted by Gasteiger charge is -2.23. The van der Waals surface area contributed by atoms with Crippen molar-refractivity contribution in [3.8, 4) is 0 Å². The molecule has 16 heavy (non-hydrogen) atoms. The van der Waals surface area contributed by atoms with Crippen LogP contribution in [-0.4, -0.2) is 15.1 Å². The molecule has 0 saturated heterocycles. The van der Waals surface area contributed by atoms with Gasteiger partial charge < -0.3 is 5.11 Å². The van der Waals surface area contributed by atoms with E-state index in [-0.39, 0.29) is 5.82 Å². The molecule has 4 heteroatoms. The maximum Gasteiger partial charge on any atom is 0.123 e. The standard InChI is InChI=1S/C12H11FN2O/c1-12(16,10-6-14-8-15-7-10)9-3-2-4-11(13)5-9/h2-8,16H,1H3. The van der Waals surface area contributed by atoms with Crippen molar-refractivity contribution >= 4 is 0 Å². The van der Waals surface area contributed by atoms with Crippen LogP contribution in [0.15, 0.2) is 43.0 Å². The Morgan fingerprint density at radius 1 is 1.19 bits per heavy atom. The molecule has 0 saturated carbocycles. The summed E-state index contributed by atoms with van der Waals surface area (Å²) in [7, 11) is 0. The van der Waals surface area contributed by atoms with Gasteiger partial charge in [0.2, 0.25) is 0 Å². The van der Waals surface area contributed by atoms with E-state index in [1.807, 2.05) is 0 Å². The summed E-state index contributed by atoms with van der Waals surface area (Å²) in [5.41, 5.74) is -0.286. The molecule has 0 radical (unpaired) electrons. The topological polar surface area (TPSA) is 46.0 Å². The second kappa shape index (κ2) is 3.98. The van der Waals surface area contributed by atoms with E-state index in [1.54, 1.807) is 19.1 Å². The molecule has 3 nitrogen and oxygen atoms in total. The number of benzene rings is 1. The number of nitrogens with zero attached hydrogens (tertiary/aromatic N) is 2. The van der Waals surface area contributed by atoms with Crippen LogP contribution in [0.4, 0.5) is 4.39 Å². The quantitative estimate of drug-likeness (QED) is 0.837. The van der Waals surface area contributed by atoms with Crippen molar-refractivity contribution in [2.45, 2.75) is 12.5 Å². The molecule has 0 spiro atoms. The van der Waals surface area contributed by atoms with Crippen LogP contribution in [0.25, 0.3) is 0 Å². The van der Waals surface area contributed by atoms with Gasteiger partial charge in [-0.25, -0.2) is 14.4 Å². The fourth-order valence-corrected chi connectivity index (χ4v) is 1.51. The van der Waals surface area contributed by atoms with E-state index in [0.29, 0.717) is 11.1 Å². The monoisotopic (exact) mass is 218 g/mol. The van der Waals surface area contributed by atoms with Crippen LogP contribution >= 0.6 is 0 Å². The van der Waals surface area contributed by atoms with Gasteiger partial charge in [-0.3, -0.25) is 0 Å². The second-order valence-corrected chi connectivity index (χ2v) is 3.71. The third kappa shape index (κ3) is 1.92. The molecule has 0 aliphatic rings. The summed E-state index contributed by atoms with van der Waals surface area (Å²) in [6.07, 6.45) is 4.40. The molecule has 2 aromatic rings. The zero-order valence-electron chi connectivity index (χ0n) is 8.76. The Morgan fingerprint density at radius 2 is 1.88 bits per heavy atom. The fraction of sp³-hybridized carbons (Fsp3) is 0.167. The molecular weight excluding hydrogens is 207 g/mol. The molecule has 0 amide bonds. The largest absolute Gasteiger partial charge is 0.381 e. The number of aliphatic hydroxyl groups is 1. The van der Waals surface area contributed by atoms with Crippen LogP contribution in [0.3, 0.4) is 0 Å². The van der Waals surface area contributed by atoms with Crippen LogP contribution in [-0.2, 0) is 5.60 Å². The number of rotatable bonds is 2. The summed E-state index contributed by atoms with van der Waals surface area (Å²) in [5.74, 6) is -0.380. The van der Waals surface area contributed by atoms with E-state index >= 15 is 0 Å². The van der Waals surface area contributed by atoms with Crippen molar-refractivity contribution in [1.29, 1.82) is 0 Å². The molecule has 2 rings (SSSR count). The maximum atomic E-state index is 13.1. The van der Waals surface area contributed by atoms with Crippen molar-refractivity contribution in [3.63, 3.8) is 0 Å². The molecule has 0 aliphatic carbocycles. The van der Waals surface area contributed by atoms with E-state index < -0.39 is 5.60 Å². The fourth-order valence-electron chi connectivity index (χ4n) is 1.51. The third-order valence-electron chi connectivity index (χ3n) is 2.51. The Labute approximate surface area is 92.6 Å². The second-order valence-electron chi connectivity index (χ2n) is 3.71. The molecule has 0 fully saturated rings. The number of aromatic nitrogens is 2. The SMILES string of the molecule is CC(O)(c1cncnc1)c1cccc(F)c1. The highest BCUT2D eigenvalue weighted by atomic mass is 19.1. The van der Waals surface area contributed by atoms with Gasteiger partial charge in [-0.1, -0.05) is 12.1 Å². The van der Waals surface area contributed by atoms with Crippen molar-refractivity contribution in [1.82, 2.24) is 9.97 Å². The summed E-state index contributed by atoms with van der Waals surface area (Å²) in [6, 6.07) is 5.85. The zero-order chi connectivity index (χ0) is 11.6. The van der Waals surface area contributed by atoms with E-state index in [1.165, 1.54) is 30.9 Å². The first kappa shape index (κ1) is 10.7. The van der Waals surface area contributed by atoms with Crippen LogP contribution < -0.4 is 0 Å². The van der Waals surface area contributed by atoms with Gasteiger partial charge in [-0.2, -0.15) is 0 Å². The third-order valence-corrected chi connectivity index (χ3v) is 2.51. The molecule has 1 N–H and O–H groups in total. The summed E-state index contributed by atoms with van der Waals surface area (Å²) in [4.78, 5) is 7.67. The first-order valence-corrected chi connectivity index (χ1v) is 4.84. The van der Waals surface area contributed by atoms with Crippen molar-refractivity contribution in [3.05, 3.63) is 59.9 Å². The average molecular weight is 218 g/mol. The lowest BCUT2D eigenvalue weighted by atomic mass is 9.90. The number of hydrogen-bond acceptors (Lipinski definition) is 3. The number of hydrogen-bond donors (Lipinski definition) is 1. The van der Waals surface area contributed by atoms with Crippen molar-refractivity contribution in [2.24, 2.45) is 0 Å². The predicted molar refractivity (Wildman–Crippen MR) is 57.1 cm³/mol. The molecular formula is C12H11FN2O. The highest BCUT2D eigenvalue weighted by Crippen LogP contribution is 2.28. The molecule has 82 valence electrons. The average Bonchev–Trinajstić information content (AvgIpc) is 2.30. The minimum absolute atomic E-state index is 0.380. The zero-order valence-corrected chi connectivity index (χ0v) is 8.76. The smallest absolute Gasteiger partial charge is 0.123 e. The summed E-state index contributed by atoms with van der Waals surface area (Å²) in [5, 5.41) is 10.3. The number of halogens is 1. The van der Waals surface area contributed by atoms with E-state index in [2.05, 4.69) is 9.97 Å². The maximum absolute atomic E-state index is 13.1. The Hall–Kier alpha value is -1.81. The van der Waals surface area contributed by atoms with E-state index in [0.717, 1.165) is 0 Å². The van der Waals surface area contributed by atoms with E-state index in [9.17, 15) is 9.50 Å². The van der Waals surface area contributed by atoms with Crippen LogP contribution in [0.2, 0.25) is 0 Å². The summed E-state index contributed by atoms with van der Waals surface area (Å²) < 4.78 is 13.1. The van der Waals surface area contributed by atoms with E-state index in [4.69, 9.17) is 0 Å². The molecule has 0 aliphatic heterocycles. The molecule has 1 aromatic carbocycles. The van der Waals surface area contributed by atoms with Gasteiger partial charge in [0.15, 0.2) is 0 Å². The van der Waals surface area contributed by atoms with Gasteiger partial charge in [0.25, 0.3) is 0 Å². The molecule has 1 atom stereocenters. The lowest BCUT2D eigenvalue weighted by Crippen LogP contribution is -2.23. The van der Waals surface area contributed by atoms with Gasteiger partial charge in [-0.05, 0) is 24.6 Å². The minimum atomic E-state index is -1.29. The first-order chi connectivity index (χ1) is 7.60. The van der Waals surface area contributed by atoms with Gasteiger partial charge in [0.05, 0.1) is 0 Å². The molecule has 1 unspecified atom stereocenters. The minimum Gasteiger partial charge on any atom is -0.381 e. The van der Waals surface area contributed by atoms with Crippen LogP contribution in [0.1, 0.15) is 18.1 Å². The normalized spacial score (nSPS) is 14.4. The Morgan fingerprint density at radius 3 is 2.50 bits per heavy atom. The Bertz CT molecular complexity index is 485. The van der Waals surface area contributed by atoms with Gasteiger partial charge >= 0.3 is 0 Å². The lowest BCUT2D eigenvalue weighted by molar-refractivity contribution is 0.101. The van der Waals surface area contributed by atoms with Crippen LogP contribution in [0, 0.1) is 5.82 Å². The highest BCUT2D eigenvalue weighted by Gasteiger charge is 2.26. The van der Waals surface area contributed by atoms with Gasteiger partial charge in [0.1, 0.15) is 17.7 Å². The van der Waals surface area contributed by atoms with Gasteiger partial charge in [0, 0.05) is 18.0 Å².